The number of hydrogen-bond donors (Lipinski definition) is 0. The van der Waals surface area contributed by atoms with E-state index in [1.165, 1.54) is 24.0 Å². The molecule has 1 spiro atoms. The van der Waals surface area contributed by atoms with Gasteiger partial charge in [-0.15, -0.1) is 0 Å². The smallest absolute Gasteiger partial charge is 0.294 e. The lowest BCUT2D eigenvalue weighted by Crippen LogP contribution is -2.45. The summed E-state index contributed by atoms with van der Waals surface area (Å²) in [6.07, 6.45) is 10.9. The summed E-state index contributed by atoms with van der Waals surface area (Å²) >= 11 is 3.56. The maximum atomic E-state index is 6.46. The van der Waals surface area contributed by atoms with Crippen LogP contribution in [0.2, 0.25) is 0 Å². The van der Waals surface area contributed by atoms with E-state index < -0.39 is 5.79 Å². The normalized spacial score (nSPS) is 20.0. The van der Waals surface area contributed by atoms with E-state index in [2.05, 4.69) is 66.2 Å². The Balaban J connectivity index is 1.75. The molecule has 3 heteroatoms. The molecule has 1 atom stereocenters. The Bertz CT molecular complexity index is 893. The number of unbranched alkanes of at least 4 members (excludes halogenated alkanes) is 2. The van der Waals surface area contributed by atoms with Crippen molar-refractivity contribution < 1.29 is 9.47 Å². The quantitative estimate of drug-likeness (QED) is 0.509. The standard InChI is InChI=1S/C23H23BrO2/c1-3-4-5-6-19-14-18-15-20(24)8-10-22(18)26-23(19)12-11-17-13-16(2)7-9-21(17)25-23/h7-15H,3-6H2,1-2H3. The van der Waals surface area contributed by atoms with E-state index in [0.29, 0.717) is 0 Å². The van der Waals surface area contributed by atoms with Crippen LogP contribution in [-0.4, -0.2) is 5.79 Å². The molecule has 4 rings (SSSR count). The lowest BCUT2D eigenvalue weighted by atomic mass is 9.91. The molecule has 134 valence electrons. The van der Waals surface area contributed by atoms with Crippen molar-refractivity contribution in [3.05, 3.63) is 69.2 Å². The first-order valence-electron chi connectivity index (χ1n) is 9.28. The SMILES string of the molecule is CCCCCC1=Cc2cc(Br)ccc2OC12C=Cc1cc(C)ccc1O2. The van der Waals surface area contributed by atoms with Crippen LogP contribution in [0, 0.1) is 6.92 Å². The zero-order chi connectivity index (χ0) is 18.1. The molecule has 2 heterocycles. The van der Waals surface area contributed by atoms with E-state index in [1.807, 2.05) is 18.2 Å². The first kappa shape index (κ1) is 17.4. The monoisotopic (exact) mass is 410 g/mol. The van der Waals surface area contributed by atoms with E-state index in [0.717, 1.165) is 39.9 Å². The van der Waals surface area contributed by atoms with E-state index in [9.17, 15) is 0 Å². The van der Waals surface area contributed by atoms with Crippen molar-refractivity contribution in [1.82, 2.24) is 0 Å². The predicted molar refractivity (Wildman–Crippen MR) is 110 cm³/mol. The molecule has 2 nitrogen and oxygen atoms in total. The van der Waals surface area contributed by atoms with E-state index in [4.69, 9.17) is 9.47 Å². The van der Waals surface area contributed by atoms with Crippen LogP contribution in [0.15, 0.2) is 52.5 Å². The van der Waals surface area contributed by atoms with E-state index in [-0.39, 0.29) is 0 Å². The third-order valence-corrected chi connectivity index (χ3v) is 5.46. The van der Waals surface area contributed by atoms with E-state index >= 15 is 0 Å². The Kier molecular flexibility index (Phi) is 4.66. The number of aryl methyl sites for hydroxylation is 1. The number of halogens is 1. The molecule has 26 heavy (non-hydrogen) atoms. The molecule has 0 aromatic heterocycles. The summed E-state index contributed by atoms with van der Waals surface area (Å²) in [5.74, 6) is 0.893. The van der Waals surface area contributed by atoms with Gasteiger partial charge >= 0.3 is 0 Å². The van der Waals surface area contributed by atoms with Gasteiger partial charge in [0.25, 0.3) is 5.79 Å². The number of fused-ring (bicyclic) bond motifs is 2. The van der Waals surface area contributed by atoms with Gasteiger partial charge in [0.15, 0.2) is 0 Å². The fourth-order valence-corrected chi connectivity index (χ4v) is 3.95. The molecule has 0 aliphatic carbocycles. The summed E-state index contributed by atoms with van der Waals surface area (Å²) in [5.41, 5.74) is 4.61. The summed E-state index contributed by atoms with van der Waals surface area (Å²) in [7, 11) is 0. The minimum Gasteiger partial charge on any atom is -0.444 e. The summed E-state index contributed by atoms with van der Waals surface area (Å²) < 4.78 is 14.0. The average molecular weight is 411 g/mol. The Labute approximate surface area is 163 Å². The molecule has 1 unspecified atom stereocenters. The Morgan fingerprint density at radius 1 is 0.962 bits per heavy atom. The van der Waals surface area contributed by atoms with Crippen molar-refractivity contribution in [2.24, 2.45) is 0 Å². The molecule has 2 aliphatic rings. The fourth-order valence-electron chi connectivity index (χ4n) is 3.57. The zero-order valence-corrected chi connectivity index (χ0v) is 16.8. The first-order chi connectivity index (χ1) is 12.6. The Morgan fingerprint density at radius 3 is 2.54 bits per heavy atom. The van der Waals surface area contributed by atoms with Gasteiger partial charge in [0.05, 0.1) is 0 Å². The highest BCUT2D eigenvalue weighted by atomic mass is 79.9. The predicted octanol–water partition coefficient (Wildman–Crippen LogP) is 6.92. The van der Waals surface area contributed by atoms with Crippen LogP contribution in [0.5, 0.6) is 11.5 Å². The van der Waals surface area contributed by atoms with Crippen molar-refractivity contribution in [2.75, 3.05) is 0 Å². The molecule has 0 saturated carbocycles. The number of ether oxygens (including phenoxy) is 2. The highest BCUT2D eigenvalue weighted by Gasteiger charge is 2.41. The molecule has 0 bridgehead atoms. The topological polar surface area (TPSA) is 18.5 Å². The number of rotatable bonds is 4. The Morgan fingerprint density at radius 2 is 1.73 bits per heavy atom. The maximum Gasteiger partial charge on any atom is 0.294 e. The lowest BCUT2D eigenvalue weighted by molar-refractivity contribution is -0.0439. The zero-order valence-electron chi connectivity index (χ0n) is 15.2. The molecular formula is C23H23BrO2. The van der Waals surface area contributed by atoms with Crippen molar-refractivity contribution >= 4 is 28.1 Å². The molecule has 2 aromatic carbocycles. The van der Waals surface area contributed by atoms with Crippen LogP contribution in [0.4, 0.5) is 0 Å². The van der Waals surface area contributed by atoms with Crippen LogP contribution < -0.4 is 9.47 Å². The van der Waals surface area contributed by atoms with Gasteiger partial charge in [-0.3, -0.25) is 0 Å². The van der Waals surface area contributed by atoms with Gasteiger partial charge in [0, 0.05) is 27.2 Å². The molecular weight excluding hydrogens is 388 g/mol. The van der Waals surface area contributed by atoms with Gasteiger partial charge in [0.2, 0.25) is 0 Å². The van der Waals surface area contributed by atoms with Crippen molar-refractivity contribution in [3.63, 3.8) is 0 Å². The van der Waals surface area contributed by atoms with Crippen LogP contribution in [-0.2, 0) is 0 Å². The molecule has 0 amide bonds. The first-order valence-corrected chi connectivity index (χ1v) is 10.1. The maximum absolute atomic E-state index is 6.46. The van der Waals surface area contributed by atoms with Gasteiger partial charge in [-0.2, -0.15) is 0 Å². The minimum absolute atomic E-state index is 0.836. The molecule has 0 fully saturated rings. The highest BCUT2D eigenvalue weighted by Crippen LogP contribution is 2.44. The summed E-state index contributed by atoms with van der Waals surface area (Å²) in [6, 6.07) is 12.4. The fraction of sp³-hybridized carbons (Fsp3) is 0.304. The van der Waals surface area contributed by atoms with Crippen molar-refractivity contribution in [1.29, 1.82) is 0 Å². The largest absolute Gasteiger partial charge is 0.444 e. The second kappa shape index (κ2) is 6.96. The molecule has 0 N–H and O–H groups in total. The van der Waals surface area contributed by atoms with Gasteiger partial charge < -0.3 is 9.47 Å². The molecule has 0 saturated heterocycles. The van der Waals surface area contributed by atoms with Crippen LogP contribution in [0.1, 0.15) is 49.3 Å². The number of benzene rings is 2. The molecule has 2 aliphatic heterocycles. The third kappa shape index (κ3) is 3.21. The summed E-state index contributed by atoms with van der Waals surface area (Å²) in [4.78, 5) is 0. The van der Waals surface area contributed by atoms with Gasteiger partial charge in [-0.25, -0.2) is 0 Å². The van der Waals surface area contributed by atoms with Crippen molar-refractivity contribution in [3.8, 4) is 11.5 Å². The summed E-state index contributed by atoms with van der Waals surface area (Å²) in [6.45, 7) is 4.32. The van der Waals surface area contributed by atoms with Crippen LogP contribution in [0.3, 0.4) is 0 Å². The second-order valence-corrected chi connectivity index (χ2v) is 7.97. The number of hydrogen-bond acceptors (Lipinski definition) is 2. The lowest BCUT2D eigenvalue weighted by Gasteiger charge is -2.39. The van der Waals surface area contributed by atoms with Crippen LogP contribution in [0.25, 0.3) is 12.2 Å². The third-order valence-electron chi connectivity index (χ3n) is 4.97. The second-order valence-electron chi connectivity index (χ2n) is 7.06. The highest BCUT2D eigenvalue weighted by molar-refractivity contribution is 9.10. The average Bonchev–Trinajstić information content (AvgIpc) is 2.63. The van der Waals surface area contributed by atoms with Gasteiger partial charge in [-0.05, 0) is 62.2 Å². The summed E-state index contributed by atoms with van der Waals surface area (Å²) in [5, 5.41) is 0. The minimum atomic E-state index is -0.836. The molecule has 2 aromatic rings. The van der Waals surface area contributed by atoms with Gasteiger partial charge in [-0.1, -0.05) is 47.3 Å². The van der Waals surface area contributed by atoms with Crippen LogP contribution >= 0.6 is 15.9 Å². The van der Waals surface area contributed by atoms with Gasteiger partial charge in [0.1, 0.15) is 11.5 Å². The van der Waals surface area contributed by atoms with E-state index in [1.54, 1.807) is 0 Å². The van der Waals surface area contributed by atoms with Crippen molar-refractivity contribution in [2.45, 2.75) is 45.3 Å². The molecule has 0 radical (unpaired) electrons. The Hall–Kier alpha value is -2.00.